The molecule has 0 radical (unpaired) electrons. The van der Waals surface area contributed by atoms with Gasteiger partial charge in [0.25, 0.3) is 0 Å². The number of thiophene rings is 1. The lowest BCUT2D eigenvalue weighted by molar-refractivity contribution is 0.145. The maximum Gasteiger partial charge on any atom is 0.325 e. The third kappa shape index (κ3) is 2.97. The lowest BCUT2D eigenvalue weighted by atomic mass is 10.2. The highest BCUT2D eigenvalue weighted by Gasteiger charge is 2.26. The van der Waals surface area contributed by atoms with Crippen LogP contribution in [0.5, 0.6) is 0 Å². The average molecular weight is 321 g/mol. The third-order valence-electron chi connectivity index (χ3n) is 3.31. The highest BCUT2D eigenvalue weighted by Crippen LogP contribution is 2.26. The van der Waals surface area contributed by atoms with E-state index in [9.17, 15) is 14.7 Å². The topological polar surface area (TPSA) is 94.8 Å². The average Bonchev–Trinajstić information content (AvgIpc) is 3.23. The van der Waals surface area contributed by atoms with E-state index in [1.165, 1.54) is 0 Å². The van der Waals surface area contributed by atoms with Crippen molar-refractivity contribution in [1.29, 1.82) is 0 Å². The van der Waals surface area contributed by atoms with Crippen LogP contribution in [-0.4, -0.2) is 41.7 Å². The van der Waals surface area contributed by atoms with E-state index in [1.54, 1.807) is 23.5 Å². The van der Waals surface area contributed by atoms with Crippen LogP contribution in [0.15, 0.2) is 33.4 Å². The van der Waals surface area contributed by atoms with Crippen LogP contribution in [0.2, 0.25) is 0 Å². The van der Waals surface area contributed by atoms with Gasteiger partial charge in [-0.2, -0.15) is 11.3 Å². The summed E-state index contributed by atoms with van der Waals surface area (Å²) in [6.45, 7) is 0.736. The van der Waals surface area contributed by atoms with Gasteiger partial charge in [0, 0.05) is 24.0 Å². The van der Waals surface area contributed by atoms with Crippen molar-refractivity contribution >= 4 is 23.4 Å². The first-order valence-electron chi connectivity index (χ1n) is 6.78. The van der Waals surface area contributed by atoms with Crippen molar-refractivity contribution in [3.63, 3.8) is 0 Å². The SMILES string of the molecule is O=C1NCCN1C(=O)NCC(O)c1ccc(-c2ccsc2)o1. The molecule has 0 saturated carbocycles. The fraction of sp³-hybridized carbons (Fsp3) is 0.286. The van der Waals surface area contributed by atoms with Gasteiger partial charge in [-0.1, -0.05) is 0 Å². The number of urea groups is 2. The molecule has 7 nitrogen and oxygen atoms in total. The Hall–Kier alpha value is -2.32. The highest BCUT2D eigenvalue weighted by molar-refractivity contribution is 7.08. The Morgan fingerprint density at radius 3 is 3.05 bits per heavy atom. The molecule has 3 heterocycles. The van der Waals surface area contributed by atoms with Crippen LogP contribution in [-0.2, 0) is 0 Å². The first kappa shape index (κ1) is 14.6. The van der Waals surface area contributed by atoms with Gasteiger partial charge >= 0.3 is 12.1 Å². The minimum atomic E-state index is -0.970. The Bertz CT molecular complexity index is 667. The van der Waals surface area contributed by atoms with Crippen molar-refractivity contribution in [1.82, 2.24) is 15.5 Å². The van der Waals surface area contributed by atoms with E-state index in [0.717, 1.165) is 10.5 Å². The Morgan fingerprint density at radius 1 is 1.50 bits per heavy atom. The van der Waals surface area contributed by atoms with Crippen LogP contribution in [0, 0.1) is 0 Å². The number of furan rings is 1. The van der Waals surface area contributed by atoms with Crippen molar-refractivity contribution in [2.75, 3.05) is 19.6 Å². The summed E-state index contributed by atoms with van der Waals surface area (Å²) in [5.74, 6) is 1.04. The molecule has 1 aliphatic rings. The number of hydrogen-bond acceptors (Lipinski definition) is 5. The van der Waals surface area contributed by atoms with Crippen LogP contribution in [0.4, 0.5) is 9.59 Å². The summed E-state index contributed by atoms with van der Waals surface area (Å²) in [5, 5.41) is 19.0. The van der Waals surface area contributed by atoms with Crippen LogP contribution in [0.3, 0.4) is 0 Å². The fourth-order valence-electron chi connectivity index (χ4n) is 2.14. The van der Waals surface area contributed by atoms with Gasteiger partial charge in [-0.25, -0.2) is 14.5 Å². The van der Waals surface area contributed by atoms with Gasteiger partial charge in [0.1, 0.15) is 17.6 Å². The quantitative estimate of drug-likeness (QED) is 0.800. The molecule has 1 fully saturated rings. The summed E-state index contributed by atoms with van der Waals surface area (Å²) in [4.78, 5) is 24.2. The third-order valence-corrected chi connectivity index (χ3v) is 3.99. The summed E-state index contributed by atoms with van der Waals surface area (Å²) in [5.41, 5.74) is 0.946. The summed E-state index contributed by atoms with van der Waals surface area (Å²) < 4.78 is 5.58. The Labute approximate surface area is 130 Å². The van der Waals surface area contributed by atoms with Gasteiger partial charge in [-0.15, -0.1) is 0 Å². The molecule has 0 aliphatic carbocycles. The number of rotatable bonds is 4. The van der Waals surface area contributed by atoms with Gasteiger partial charge < -0.3 is 20.2 Å². The van der Waals surface area contributed by atoms with E-state index in [1.807, 2.05) is 16.8 Å². The number of carbonyl (C=O) groups is 2. The molecule has 3 rings (SSSR count). The van der Waals surface area contributed by atoms with Gasteiger partial charge in [0.05, 0.1) is 6.54 Å². The van der Waals surface area contributed by atoms with Gasteiger partial charge in [0.15, 0.2) is 0 Å². The minimum absolute atomic E-state index is 0.0286. The van der Waals surface area contributed by atoms with Crippen LogP contribution in [0.25, 0.3) is 11.3 Å². The normalized spacial score (nSPS) is 15.7. The van der Waals surface area contributed by atoms with Crippen molar-refractivity contribution < 1.29 is 19.1 Å². The summed E-state index contributed by atoms with van der Waals surface area (Å²) >= 11 is 1.56. The van der Waals surface area contributed by atoms with E-state index in [0.29, 0.717) is 24.6 Å². The predicted octanol–water partition coefficient (Wildman–Crippen LogP) is 1.78. The Balaban J connectivity index is 1.57. The molecule has 1 atom stereocenters. The van der Waals surface area contributed by atoms with E-state index in [-0.39, 0.29) is 6.54 Å². The molecule has 116 valence electrons. The number of nitrogens with one attached hydrogen (secondary N) is 2. The first-order chi connectivity index (χ1) is 10.6. The molecule has 2 aromatic heterocycles. The Kier molecular flexibility index (Phi) is 4.12. The van der Waals surface area contributed by atoms with E-state index < -0.39 is 18.2 Å². The molecule has 22 heavy (non-hydrogen) atoms. The maximum atomic E-state index is 11.8. The summed E-state index contributed by atoms with van der Waals surface area (Å²) in [6, 6.07) is 4.42. The van der Waals surface area contributed by atoms with Gasteiger partial charge in [-0.3, -0.25) is 0 Å². The number of amides is 4. The second-order valence-electron chi connectivity index (χ2n) is 4.80. The monoisotopic (exact) mass is 321 g/mol. The number of hydrogen-bond donors (Lipinski definition) is 3. The molecule has 1 unspecified atom stereocenters. The molecule has 1 saturated heterocycles. The van der Waals surface area contributed by atoms with E-state index in [2.05, 4.69) is 10.6 Å². The van der Waals surface area contributed by atoms with E-state index >= 15 is 0 Å². The lowest BCUT2D eigenvalue weighted by Crippen LogP contribution is -2.43. The zero-order valence-corrected chi connectivity index (χ0v) is 12.4. The van der Waals surface area contributed by atoms with Gasteiger partial charge in [-0.05, 0) is 23.6 Å². The molecule has 1 aliphatic heterocycles. The fourth-order valence-corrected chi connectivity index (χ4v) is 2.78. The van der Waals surface area contributed by atoms with Crippen LogP contribution < -0.4 is 10.6 Å². The maximum absolute atomic E-state index is 11.8. The van der Waals surface area contributed by atoms with E-state index in [4.69, 9.17) is 4.42 Å². The van der Waals surface area contributed by atoms with Crippen molar-refractivity contribution in [3.8, 4) is 11.3 Å². The second-order valence-corrected chi connectivity index (χ2v) is 5.58. The predicted molar refractivity (Wildman–Crippen MR) is 80.5 cm³/mol. The van der Waals surface area contributed by atoms with Crippen molar-refractivity contribution in [2.24, 2.45) is 0 Å². The highest BCUT2D eigenvalue weighted by atomic mass is 32.1. The largest absolute Gasteiger partial charge is 0.458 e. The molecule has 0 spiro atoms. The minimum Gasteiger partial charge on any atom is -0.458 e. The molecule has 8 heteroatoms. The van der Waals surface area contributed by atoms with Crippen LogP contribution >= 0.6 is 11.3 Å². The number of nitrogens with zero attached hydrogens (tertiary/aromatic N) is 1. The standard InChI is InChI=1S/C14H15N3O4S/c18-10(7-16-14(20)17-5-4-15-13(17)19)12-2-1-11(21-12)9-3-6-22-8-9/h1-3,6,8,10,18H,4-5,7H2,(H,15,19)(H,16,20). The van der Waals surface area contributed by atoms with Crippen molar-refractivity contribution in [2.45, 2.75) is 6.10 Å². The number of aliphatic hydroxyl groups excluding tert-OH is 1. The number of aliphatic hydroxyl groups is 1. The number of carbonyl (C=O) groups excluding carboxylic acids is 2. The Morgan fingerprint density at radius 2 is 2.36 bits per heavy atom. The molecular weight excluding hydrogens is 306 g/mol. The van der Waals surface area contributed by atoms with Crippen LogP contribution in [0.1, 0.15) is 11.9 Å². The zero-order valence-electron chi connectivity index (χ0n) is 11.6. The summed E-state index contributed by atoms with van der Waals surface area (Å²) in [7, 11) is 0. The summed E-state index contributed by atoms with van der Waals surface area (Å²) in [6.07, 6.45) is -0.970. The molecule has 2 aromatic rings. The molecule has 3 N–H and O–H groups in total. The molecule has 0 aromatic carbocycles. The molecule has 4 amide bonds. The second kappa shape index (κ2) is 6.20. The smallest absolute Gasteiger partial charge is 0.325 e. The zero-order chi connectivity index (χ0) is 15.5. The first-order valence-corrected chi connectivity index (χ1v) is 7.73. The number of imide groups is 1. The molecular formula is C14H15N3O4S. The van der Waals surface area contributed by atoms with Gasteiger partial charge in [0.2, 0.25) is 0 Å². The molecule has 0 bridgehead atoms. The lowest BCUT2D eigenvalue weighted by Gasteiger charge is -2.15. The van der Waals surface area contributed by atoms with Crippen molar-refractivity contribution in [3.05, 3.63) is 34.7 Å².